The van der Waals surface area contributed by atoms with Gasteiger partial charge in [-0.05, 0) is 70.5 Å². The topological polar surface area (TPSA) is 114 Å². The van der Waals surface area contributed by atoms with Gasteiger partial charge in [-0.15, -0.1) is 0 Å². The van der Waals surface area contributed by atoms with E-state index < -0.39 is 31.3 Å². The van der Waals surface area contributed by atoms with E-state index >= 15 is 0 Å². The zero-order chi connectivity index (χ0) is 38.6. The Labute approximate surface area is 310 Å². The molecular formula is C34H36F6I2O6S2. The van der Waals surface area contributed by atoms with Crippen molar-refractivity contribution in [2.45, 2.75) is 63.4 Å². The first kappa shape index (κ1) is 45.8. The number of rotatable bonds is 4. The standard InChI is InChI=1S/C20H26I.C12H10I.2CHF3O3S/c1-19(2,3)15-9-7-11-17(13-15)21-18-12-8-10-16(14-18)20(4,5)6;1-3-7-11(8-4-1)13-12-9-5-2-6-10-12;2*2-1(3,4)8(5,6)7/h7-14H,1-6H3;1-10H;2*(H,5,6,7)/q2*+1;;/p-2. The van der Waals surface area contributed by atoms with Gasteiger partial charge in [0.2, 0.25) is 0 Å². The molecule has 4 rings (SSSR count). The first-order valence-electron chi connectivity index (χ1n) is 14.3. The van der Waals surface area contributed by atoms with Gasteiger partial charge in [0, 0.05) is 0 Å². The first-order chi connectivity index (χ1) is 22.6. The molecule has 4 aromatic carbocycles. The SMILES string of the molecule is CC(C)(C)c1cccc([I+]c2cccc(C(C)(C)C)c2)c1.O=S(=O)([O-])C(F)(F)F.O=S(=O)([O-])C(F)(F)F.c1ccc([I+]c2ccccc2)cc1. The second kappa shape index (κ2) is 19.0. The lowest BCUT2D eigenvalue weighted by atomic mass is 9.87. The van der Waals surface area contributed by atoms with Crippen LogP contribution in [0.1, 0.15) is 52.7 Å². The molecule has 0 aromatic heterocycles. The Morgan fingerprint density at radius 3 is 0.920 bits per heavy atom. The van der Waals surface area contributed by atoms with Gasteiger partial charge in [-0.1, -0.05) is 102 Å². The van der Waals surface area contributed by atoms with Crippen LogP contribution in [0.2, 0.25) is 0 Å². The predicted octanol–water partition coefficient (Wildman–Crippen LogP) is 2.33. The fourth-order valence-electron chi connectivity index (χ4n) is 3.23. The van der Waals surface area contributed by atoms with Crippen molar-refractivity contribution in [1.29, 1.82) is 0 Å². The van der Waals surface area contributed by atoms with E-state index in [1.807, 2.05) is 0 Å². The summed E-state index contributed by atoms with van der Waals surface area (Å²) in [6, 6.07) is 39.7. The fourth-order valence-corrected chi connectivity index (χ4v) is 7.98. The second-order valence-corrected chi connectivity index (χ2v) is 20.9. The third-order valence-corrected chi connectivity index (χ3v) is 12.3. The van der Waals surface area contributed by atoms with Crippen LogP contribution in [0.25, 0.3) is 0 Å². The molecule has 0 heterocycles. The van der Waals surface area contributed by atoms with Crippen molar-refractivity contribution < 1.29 is 94.7 Å². The molecule has 0 aliphatic carbocycles. The normalized spacial score (nSPS) is 12.3. The Kier molecular flexibility index (Phi) is 17.4. The third-order valence-electron chi connectivity index (χ3n) is 5.85. The van der Waals surface area contributed by atoms with Crippen molar-refractivity contribution in [2.24, 2.45) is 0 Å². The van der Waals surface area contributed by atoms with E-state index in [0.29, 0.717) is 0 Å². The van der Waals surface area contributed by atoms with Gasteiger partial charge in [-0.2, -0.15) is 26.3 Å². The van der Waals surface area contributed by atoms with Crippen molar-refractivity contribution in [2.75, 3.05) is 0 Å². The van der Waals surface area contributed by atoms with E-state index in [1.165, 1.54) is 25.4 Å². The van der Waals surface area contributed by atoms with Crippen molar-refractivity contribution in [3.63, 3.8) is 0 Å². The average molecular weight is 973 g/mol. The first-order valence-corrected chi connectivity index (χ1v) is 21.4. The molecule has 0 N–H and O–H groups in total. The predicted molar refractivity (Wildman–Crippen MR) is 169 cm³/mol. The smallest absolute Gasteiger partial charge is 0.485 e. The molecule has 0 unspecified atom stereocenters. The number of hydrogen-bond donors (Lipinski definition) is 0. The highest BCUT2D eigenvalue weighted by Gasteiger charge is 2.37. The van der Waals surface area contributed by atoms with Crippen LogP contribution in [0.5, 0.6) is 0 Å². The molecule has 0 radical (unpaired) electrons. The summed E-state index contributed by atoms with van der Waals surface area (Å²) in [7, 11) is -12.2. The number of halogens is 8. The minimum atomic E-state index is -6.09. The van der Waals surface area contributed by atoms with Gasteiger partial charge in [-0.25, -0.2) is 16.8 Å². The van der Waals surface area contributed by atoms with E-state index in [0.717, 1.165) is 0 Å². The van der Waals surface area contributed by atoms with Crippen LogP contribution < -0.4 is 42.4 Å². The summed E-state index contributed by atoms with van der Waals surface area (Å²) in [5.74, 6) is 0. The van der Waals surface area contributed by atoms with Crippen LogP contribution in [0.4, 0.5) is 26.3 Å². The minimum absolute atomic E-state index is 0.0287. The third kappa shape index (κ3) is 17.8. The van der Waals surface area contributed by atoms with Crippen LogP contribution in [0, 0.1) is 14.3 Å². The highest BCUT2D eigenvalue weighted by molar-refractivity contribution is 7.86. The van der Waals surface area contributed by atoms with Gasteiger partial charge in [-0.3, -0.25) is 0 Å². The molecule has 0 amide bonds. The van der Waals surface area contributed by atoms with E-state index in [4.69, 9.17) is 25.9 Å². The number of hydrogen-bond acceptors (Lipinski definition) is 6. The van der Waals surface area contributed by atoms with Crippen molar-refractivity contribution >= 4 is 20.2 Å². The fraction of sp³-hybridized carbons (Fsp3) is 0.294. The van der Waals surface area contributed by atoms with E-state index in [1.54, 1.807) is 0 Å². The molecule has 0 saturated heterocycles. The van der Waals surface area contributed by atoms with Gasteiger partial charge < -0.3 is 9.11 Å². The Hall–Kier alpha value is -2.26. The molecule has 0 aliphatic rings. The maximum Gasteiger partial charge on any atom is 0.485 e. The zero-order valence-corrected chi connectivity index (χ0v) is 33.6. The van der Waals surface area contributed by atoms with Crippen LogP contribution in [0.15, 0.2) is 109 Å². The quantitative estimate of drug-likeness (QED) is 0.135. The van der Waals surface area contributed by atoms with Crippen LogP contribution in [-0.2, 0) is 31.1 Å². The molecule has 6 nitrogen and oxygen atoms in total. The number of benzene rings is 4. The highest BCUT2D eigenvalue weighted by atomic mass is 127. The molecular weight excluding hydrogens is 936 g/mol. The maximum absolute atomic E-state index is 10.7. The molecule has 0 fully saturated rings. The molecule has 0 spiro atoms. The summed E-state index contributed by atoms with van der Waals surface area (Å²) in [5, 5.41) is 0. The summed E-state index contributed by atoms with van der Waals surface area (Å²) in [6.45, 7) is 13.7. The van der Waals surface area contributed by atoms with E-state index in [2.05, 4.69) is 151 Å². The molecule has 0 bridgehead atoms. The van der Waals surface area contributed by atoms with Crippen LogP contribution in [-0.4, -0.2) is 37.0 Å². The molecule has 0 saturated carbocycles. The Bertz CT molecular complexity index is 1700. The summed E-state index contributed by atoms with van der Waals surface area (Å²) in [4.78, 5) is 0. The summed E-state index contributed by atoms with van der Waals surface area (Å²) < 4.78 is 124. The maximum atomic E-state index is 10.7. The summed E-state index contributed by atoms with van der Waals surface area (Å²) in [5.41, 5.74) is -7.96. The van der Waals surface area contributed by atoms with Crippen molar-refractivity contribution in [3.8, 4) is 0 Å². The van der Waals surface area contributed by atoms with Gasteiger partial charge in [0.25, 0.3) is 0 Å². The lowest BCUT2D eigenvalue weighted by Gasteiger charge is -2.18. The summed E-state index contributed by atoms with van der Waals surface area (Å²) in [6.07, 6.45) is 0. The van der Waals surface area contributed by atoms with E-state index in [9.17, 15) is 26.3 Å². The van der Waals surface area contributed by atoms with Gasteiger partial charge in [0.05, 0.1) is 0 Å². The largest absolute Gasteiger partial charge is 0.741 e. The van der Waals surface area contributed by atoms with E-state index in [-0.39, 0.29) is 53.2 Å². The van der Waals surface area contributed by atoms with Crippen molar-refractivity contribution in [1.82, 2.24) is 0 Å². The monoisotopic (exact) mass is 972 g/mol. The number of alkyl halides is 6. The Morgan fingerprint density at radius 1 is 0.440 bits per heavy atom. The van der Waals surface area contributed by atoms with Gasteiger partial charge in [0.15, 0.2) is 34.5 Å². The Morgan fingerprint density at radius 2 is 0.680 bits per heavy atom. The minimum Gasteiger partial charge on any atom is -0.741 e. The van der Waals surface area contributed by atoms with Gasteiger partial charge >= 0.3 is 53.4 Å². The van der Waals surface area contributed by atoms with Crippen molar-refractivity contribution in [3.05, 3.63) is 135 Å². The molecule has 276 valence electrons. The second-order valence-electron chi connectivity index (χ2n) is 12.1. The zero-order valence-electron chi connectivity index (χ0n) is 27.7. The average Bonchev–Trinajstić information content (AvgIpc) is 2.97. The summed E-state index contributed by atoms with van der Waals surface area (Å²) >= 11 is -0.0728. The lowest BCUT2D eigenvalue weighted by molar-refractivity contribution is -0.597. The van der Waals surface area contributed by atoms with Gasteiger partial charge in [0.1, 0.15) is 0 Å². The highest BCUT2D eigenvalue weighted by Crippen LogP contribution is 2.23. The van der Waals surface area contributed by atoms with Crippen LogP contribution in [0.3, 0.4) is 0 Å². The molecule has 0 aliphatic heterocycles. The van der Waals surface area contributed by atoms with Crippen LogP contribution >= 0.6 is 0 Å². The molecule has 0 atom stereocenters. The molecule has 16 heteroatoms. The lowest BCUT2D eigenvalue weighted by Crippen LogP contribution is -3.61. The Balaban J connectivity index is 0.000000368. The molecule has 4 aromatic rings. The molecule has 50 heavy (non-hydrogen) atoms.